The van der Waals surface area contributed by atoms with Crippen LogP contribution >= 0.6 is 27.8 Å². The van der Waals surface area contributed by atoms with E-state index < -0.39 is 16.2 Å². The van der Waals surface area contributed by atoms with Gasteiger partial charge in [-0.05, 0) is 11.6 Å². The summed E-state index contributed by atoms with van der Waals surface area (Å²) in [5, 5.41) is 8.39. The van der Waals surface area contributed by atoms with E-state index in [1.54, 1.807) is 0 Å². The summed E-state index contributed by atoms with van der Waals surface area (Å²) in [6, 6.07) is 0. The monoisotopic (exact) mass is 552 g/mol. The van der Waals surface area contributed by atoms with Crippen molar-refractivity contribution in [1.82, 2.24) is 0 Å². The average Bonchev–Trinajstić information content (AvgIpc) is 3.33. The van der Waals surface area contributed by atoms with Crippen LogP contribution in [0.3, 0.4) is 0 Å². The molecule has 3 aliphatic rings. The molecule has 204 valence electrons. The topological polar surface area (TPSA) is 119 Å². The van der Waals surface area contributed by atoms with Gasteiger partial charge in [-0.25, -0.2) is 4.57 Å². The smallest absolute Gasteiger partial charge is 0.475 e. The third-order valence-electron chi connectivity index (χ3n) is 3.43. The summed E-state index contributed by atoms with van der Waals surface area (Å²) in [5.74, 6) is -0.211. The minimum atomic E-state index is -3.47. The molecule has 0 saturated carbocycles. The van der Waals surface area contributed by atoms with E-state index in [0.717, 1.165) is 26.4 Å². The fourth-order valence-electron chi connectivity index (χ4n) is 1.72. The predicted octanol–water partition coefficient (Wildman–Crippen LogP) is 6.05. The lowest BCUT2D eigenvalue weighted by molar-refractivity contribution is -0.109. The summed E-state index contributed by atoms with van der Waals surface area (Å²) in [7, 11) is -4.02. The Hall–Kier alpha value is -0.120. The van der Waals surface area contributed by atoms with Crippen molar-refractivity contribution in [1.29, 1.82) is 0 Å². The molecule has 34 heavy (non-hydrogen) atoms. The Balaban J connectivity index is 0. The summed E-state index contributed by atoms with van der Waals surface area (Å²) in [5.41, 5.74) is 0.0718. The molecule has 1 N–H and O–H groups in total. The first-order chi connectivity index (χ1) is 15.7. The number of hydrogen-bond donors (Lipinski definition) is 1. The Morgan fingerprint density at radius 1 is 1.03 bits per heavy atom. The largest absolute Gasteiger partial charge is 0.510 e. The summed E-state index contributed by atoms with van der Waals surface area (Å²) < 4.78 is 46.5. The van der Waals surface area contributed by atoms with Gasteiger partial charge in [-0.1, -0.05) is 48.1 Å². The summed E-state index contributed by atoms with van der Waals surface area (Å²) in [6.45, 7) is 22.8. The number of ether oxygens (including phenoxy) is 2. The Kier molecular flexibility index (Phi) is 20.2. The van der Waals surface area contributed by atoms with Crippen LogP contribution < -0.4 is 0 Å². The van der Waals surface area contributed by atoms with Gasteiger partial charge in [0.05, 0.1) is 39.6 Å². The van der Waals surface area contributed by atoms with Crippen LogP contribution in [0.1, 0.15) is 48.5 Å². The normalized spacial score (nSPS) is 22.0. The van der Waals surface area contributed by atoms with Crippen molar-refractivity contribution in [2.45, 2.75) is 48.5 Å². The number of carbonyl (C=O) groups is 1. The third-order valence-corrected chi connectivity index (χ3v) is 5.75. The Bertz CT molecular complexity index is 577. The van der Waals surface area contributed by atoms with Crippen LogP contribution in [0, 0.1) is 10.8 Å². The van der Waals surface area contributed by atoms with Crippen molar-refractivity contribution in [3.63, 3.8) is 0 Å². The van der Waals surface area contributed by atoms with Crippen molar-refractivity contribution in [3.05, 3.63) is 12.3 Å². The van der Waals surface area contributed by atoms with E-state index in [2.05, 4.69) is 32.0 Å². The van der Waals surface area contributed by atoms with Gasteiger partial charge in [0, 0.05) is 24.4 Å². The van der Waals surface area contributed by atoms with Gasteiger partial charge in [0.15, 0.2) is 8.38 Å². The molecule has 0 bridgehead atoms. The van der Waals surface area contributed by atoms with Crippen LogP contribution in [0.2, 0.25) is 0 Å². The zero-order chi connectivity index (χ0) is 26.8. The minimum absolute atomic E-state index is 0.159. The van der Waals surface area contributed by atoms with Crippen molar-refractivity contribution < 1.29 is 46.6 Å². The number of carbonyl (C=O) groups excluding carboxylic acids is 1. The highest BCUT2D eigenvalue weighted by atomic mass is 35.5. The van der Waals surface area contributed by atoms with Crippen LogP contribution in [0.15, 0.2) is 12.3 Å². The first-order valence-corrected chi connectivity index (χ1v) is 14.3. The predicted molar refractivity (Wildman–Crippen MR) is 134 cm³/mol. The first kappa shape index (κ1) is 36.0. The lowest BCUT2D eigenvalue weighted by Crippen LogP contribution is -2.29. The zero-order valence-corrected chi connectivity index (χ0v) is 24.3. The molecule has 0 spiro atoms. The van der Waals surface area contributed by atoms with Crippen molar-refractivity contribution >= 4 is 33.0 Å². The van der Waals surface area contributed by atoms with Crippen molar-refractivity contribution in [2.75, 3.05) is 59.7 Å². The number of halogens is 1. The molecule has 3 rings (SSSR count). The van der Waals surface area contributed by atoms with E-state index in [0.29, 0.717) is 20.0 Å². The first-order valence-electron chi connectivity index (χ1n) is 10.9. The van der Waals surface area contributed by atoms with E-state index in [9.17, 15) is 9.36 Å². The molecule has 0 atom stereocenters. The minimum Gasteiger partial charge on any atom is -0.510 e. The van der Waals surface area contributed by atoms with Crippen LogP contribution in [-0.2, 0) is 41.5 Å². The number of hydrogen-bond acceptors (Lipinski definition) is 10. The molecule has 3 heterocycles. The summed E-state index contributed by atoms with van der Waals surface area (Å²) in [4.78, 5) is 9.21. The molecule has 10 nitrogen and oxygen atoms in total. The van der Waals surface area contributed by atoms with Gasteiger partial charge in [0.25, 0.3) is 0 Å². The average molecular weight is 553 g/mol. The molecule has 0 unspecified atom stereocenters. The SMILES string of the molecule is C1COCO1.C=C(O)COP1(=O)OCC(C)(C)CO1.CC.CC(=O)Cl.CP1OCC(C)(C)CO1. The standard InChI is InChI=1S/C8H15O5P.C6H13O2P.C3H6O2.C2H3ClO.C2H6/c1-7(9)4-11-14(10)12-5-8(2,3)6-13-14;1-6(2)4-7-9(3)8-5-6;1-2-5-3-4-1;1-2(3)4;1-2/h9H,1,4-6H2,2-3H3;4-5H2,1-3H3;1-3H2;1H3;1-2H3. The highest BCUT2D eigenvalue weighted by Crippen LogP contribution is 2.54. The van der Waals surface area contributed by atoms with E-state index in [1.807, 2.05) is 34.4 Å². The number of phosphoric acid groups is 1. The van der Waals surface area contributed by atoms with Gasteiger partial charge >= 0.3 is 7.82 Å². The molecule has 13 heteroatoms. The quantitative estimate of drug-likeness (QED) is 0.252. The second-order valence-corrected chi connectivity index (χ2v) is 12.2. The molecule has 3 saturated heterocycles. The van der Waals surface area contributed by atoms with E-state index in [-0.39, 0.29) is 28.4 Å². The molecule has 0 aliphatic carbocycles. The van der Waals surface area contributed by atoms with Crippen LogP contribution in [0.5, 0.6) is 0 Å². The van der Waals surface area contributed by atoms with Gasteiger partial charge < -0.3 is 23.6 Å². The fraction of sp³-hybridized carbons (Fsp3) is 0.857. The van der Waals surface area contributed by atoms with E-state index in [4.69, 9.17) is 37.2 Å². The lowest BCUT2D eigenvalue weighted by atomic mass is 9.97. The Morgan fingerprint density at radius 3 is 1.71 bits per heavy atom. The molecular weight excluding hydrogens is 510 g/mol. The van der Waals surface area contributed by atoms with Crippen LogP contribution in [-0.4, -0.2) is 70.1 Å². The maximum atomic E-state index is 11.6. The molecule has 3 aliphatic heterocycles. The molecule has 3 fully saturated rings. The molecule has 0 aromatic rings. The van der Waals surface area contributed by atoms with Gasteiger partial charge in [0.2, 0.25) is 5.24 Å². The summed E-state index contributed by atoms with van der Waals surface area (Å²) >= 11 is 4.64. The lowest BCUT2D eigenvalue weighted by Gasteiger charge is -2.32. The third kappa shape index (κ3) is 22.4. The highest BCUT2D eigenvalue weighted by Gasteiger charge is 2.38. The van der Waals surface area contributed by atoms with E-state index >= 15 is 0 Å². The van der Waals surface area contributed by atoms with Gasteiger partial charge in [0.1, 0.15) is 19.2 Å². The molecule has 0 amide bonds. The second kappa shape index (κ2) is 19.1. The number of rotatable bonds is 3. The zero-order valence-electron chi connectivity index (χ0n) is 21.8. The van der Waals surface area contributed by atoms with Crippen molar-refractivity contribution in [3.8, 4) is 0 Å². The molecule has 0 aromatic carbocycles. The fourth-order valence-corrected chi connectivity index (χ4v) is 4.40. The van der Waals surface area contributed by atoms with Crippen molar-refractivity contribution in [2.24, 2.45) is 10.8 Å². The maximum Gasteiger partial charge on any atom is 0.475 e. The maximum absolute atomic E-state index is 11.6. The second-order valence-electron chi connectivity index (χ2n) is 8.55. The number of aliphatic hydroxyl groups excluding tert-OH is 1. The highest BCUT2D eigenvalue weighted by molar-refractivity contribution is 7.48. The number of phosphoric ester groups is 1. The Labute approximate surface area is 211 Å². The van der Waals surface area contributed by atoms with Gasteiger partial charge in [-0.2, -0.15) is 0 Å². The Morgan fingerprint density at radius 2 is 1.41 bits per heavy atom. The molecule has 0 radical (unpaired) electrons. The molecular formula is C21H43ClO10P2. The summed E-state index contributed by atoms with van der Waals surface area (Å²) in [6.07, 6.45) is 0. The van der Waals surface area contributed by atoms with Gasteiger partial charge in [-0.15, -0.1) is 0 Å². The van der Waals surface area contributed by atoms with Crippen LogP contribution in [0.25, 0.3) is 0 Å². The van der Waals surface area contributed by atoms with Crippen LogP contribution in [0.4, 0.5) is 0 Å². The van der Waals surface area contributed by atoms with E-state index in [1.165, 1.54) is 6.92 Å². The van der Waals surface area contributed by atoms with Gasteiger partial charge in [-0.3, -0.25) is 18.4 Å². The number of aliphatic hydroxyl groups is 1. The molecule has 0 aromatic heterocycles.